The van der Waals surface area contributed by atoms with Gasteiger partial charge in [-0.05, 0) is 67.2 Å². The van der Waals surface area contributed by atoms with Gasteiger partial charge in [0.25, 0.3) is 0 Å². The topological polar surface area (TPSA) is 37.6 Å². The third-order valence-electron chi connectivity index (χ3n) is 11.3. The normalized spacial score (nSPS) is 16.1. The molecule has 0 saturated heterocycles. The van der Waals surface area contributed by atoms with Crippen LogP contribution in [0.1, 0.15) is 29.7 Å². The fourth-order valence-electron chi connectivity index (χ4n) is 8.58. The Bertz CT molecular complexity index is 3190. The minimum atomic E-state index is -0.0927. The average Bonchev–Trinajstić information content (AvgIpc) is 3.62. The van der Waals surface area contributed by atoms with Crippen LogP contribution in [-0.2, 0) is 0 Å². The number of thiophene rings is 1. The van der Waals surface area contributed by atoms with Crippen molar-refractivity contribution in [1.82, 2.24) is 4.98 Å². The van der Waals surface area contributed by atoms with E-state index in [0.717, 1.165) is 39.2 Å². The number of aliphatic imine (C=N–C) groups is 2. The Morgan fingerprint density at radius 2 is 1.20 bits per heavy atom. The van der Waals surface area contributed by atoms with Crippen LogP contribution in [0, 0.1) is 5.92 Å². The van der Waals surface area contributed by atoms with Gasteiger partial charge in [0, 0.05) is 60.4 Å². The molecule has 1 aliphatic rings. The van der Waals surface area contributed by atoms with Crippen LogP contribution < -0.4 is 0 Å². The van der Waals surface area contributed by atoms with Crippen LogP contribution in [-0.4, -0.2) is 16.5 Å². The molecule has 3 heterocycles. The van der Waals surface area contributed by atoms with E-state index in [-0.39, 0.29) is 12.0 Å². The van der Waals surface area contributed by atoms with Gasteiger partial charge in [0.2, 0.25) is 0 Å². The summed E-state index contributed by atoms with van der Waals surface area (Å²) in [6.07, 6.45) is 3.99. The van der Waals surface area contributed by atoms with Crippen LogP contribution in [0.4, 0.5) is 0 Å². The smallest absolute Gasteiger partial charge is 0.156 e. The second-order valence-electron chi connectivity index (χ2n) is 14.4. The molecule has 11 rings (SSSR count). The van der Waals surface area contributed by atoms with E-state index in [2.05, 4.69) is 165 Å². The number of fused-ring (bicyclic) bond motifs is 9. The highest BCUT2D eigenvalue weighted by Gasteiger charge is 2.30. The number of nitrogens with zero attached hydrogens (tertiary/aromatic N) is 3. The molecule has 4 heteroatoms. The number of hydrogen-bond donors (Lipinski definition) is 0. The summed E-state index contributed by atoms with van der Waals surface area (Å²) in [7, 11) is 0. The minimum Gasteiger partial charge on any atom is -0.263 e. The van der Waals surface area contributed by atoms with Crippen molar-refractivity contribution in [3.63, 3.8) is 0 Å². The first-order valence-electron chi connectivity index (χ1n) is 18.5. The molecule has 0 N–H and O–H groups in total. The molecule has 1 aliphatic heterocycles. The van der Waals surface area contributed by atoms with E-state index in [1.165, 1.54) is 63.4 Å². The predicted molar refractivity (Wildman–Crippen MR) is 230 cm³/mol. The summed E-state index contributed by atoms with van der Waals surface area (Å²) in [6, 6.07) is 57.0. The Kier molecular flexibility index (Phi) is 7.08. The summed E-state index contributed by atoms with van der Waals surface area (Å²) in [6.45, 7) is 2.28. The van der Waals surface area contributed by atoms with Gasteiger partial charge < -0.3 is 0 Å². The van der Waals surface area contributed by atoms with Crippen LogP contribution in [0.2, 0.25) is 0 Å². The molecule has 254 valence electrons. The van der Waals surface area contributed by atoms with E-state index < -0.39 is 0 Å². The third-order valence-corrected chi connectivity index (χ3v) is 12.5. The van der Waals surface area contributed by atoms with E-state index in [0.29, 0.717) is 0 Å². The third kappa shape index (κ3) is 4.91. The van der Waals surface area contributed by atoms with Crippen molar-refractivity contribution < 1.29 is 0 Å². The first kappa shape index (κ1) is 31.1. The molecule has 8 aromatic carbocycles. The molecule has 0 aliphatic carbocycles. The number of pyridine rings is 1. The van der Waals surface area contributed by atoms with Gasteiger partial charge in [-0.25, -0.2) is 4.99 Å². The average molecular weight is 708 g/mol. The maximum absolute atomic E-state index is 5.48. The van der Waals surface area contributed by atoms with Crippen molar-refractivity contribution in [2.24, 2.45) is 15.9 Å². The lowest BCUT2D eigenvalue weighted by atomic mass is 9.85. The first-order valence-corrected chi connectivity index (χ1v) is 19.3. The van der Waals surface area contributed by atoms with E-state index in [1.807, 2.05) is 23.7 Å². The fourth-order valence-corrected chi connectivity index (χ4v) is 9.79. The Morgan fingerprint density at radius 1 is 0.500 bits per heavy atom. The molecule has 54 heavy (non-hydrogen) atoms. The number of aromatic nitrogens is 1. The second kappa shape index (κ2) is 12.3. The van der Waals surface area contributed by atoms with E-state index >= 15 is 0 Å². The van der Waals surface area contributed by atoms with Gasteiger partial charge >= 0.3 is 0 Å². The van der Waals surface area contributed by atoms with Gasteiger partial charge in [-0.15, -0.1) is 11.3 Å². The Hall–Kier alpha value is -6.49. The zero-order valence-electron chi connectivity index (χ0n) is 29.6. The van der Waals surface area contributed by atoms with E-state index in [1.54, 1.807) is 0 Å². The summed E-state index contributed by atoms with van der Waals surface area (Å²) in [4.78, 5) is 15.6. The molecule has 3 nitrogen and oxygen atoms in total. The lowest BCUT2D eigenvalue weighted by molar-refractivity contribution is 0.593. The number of hydrogen-bond acceptors (Lipinski definition) is 4. The number of amidine groups is 1. The Balaban J connectivity index is 1.06. The van der Waals surface area contributed by atoms with Crippen molar-refractivity contribution in [1.29, 1.82) is 0 Å². The summed E-state index contributed by atoms with van der Waals surface area (Å²) in [5, 5.41) is 12.4. The Labute approximate surface area is 316 Å². The largest absolute Gasteiger partial charge is 0.263 e. The standard InChI is InChI=1S/C50H33N3S/c1-30-47(34-20-18-33(19-21-34)44-29-51-28-37-24-25-39-38-12-5-4-10-32(38)23-26-41(39)46(37)44)52-50(53-48(30)36-22-17-31-9-2-3-11-35(31)27-36)43-15-8-14-42-40-13-6-7-16-45(40)54-49(42)43/h2-30,48H,1H3. The van der Waals surface area contributed by atoms with Gasteiger partial charge in [-0.3, -0.25) is 9.98 Å². The van der Waals surface area contributed by atoms with Crippen molar-refractivity contribution >= 4 is 86.1 Å². The van der Waals surface area contributed by atoms with Crippen molar-refractivity contribution in [3.05, 3.63) is 187 Å². The summed E-state index contributed by atoms with van der Waals surface area (Å²) >= 11 is 1.82. The van der Waals surface area contributed by atoms with Crippen LogP contribution in [0.3, 0.4) is 0 Å². The van der Waals surface area contributed by atoms with Crippen molar-refractivity contribution in [2.45, 2.75) is 13.0 Å². The fraction of sp³-hybridized carbons (Fsp3) is 0.0600. The molecule has 10 aromatic rings. The highest BCUT2D eigenvalue weighted by molar-refractivity contribution is 7.26. The Morgan fingerprint density at radius 3 is 2.09 bits per heavy atom. The second-order valence-corrected chi connectivity index (χ2v) is 15.4. The molecule has 2 unspecified atom stereocenters. The molecule has 2 atom stereocenters. The summed E-state index contributed by atoms with van der Waals surface area (Å²) in [5.41, 5.74) is 6.71. The highest BCUT2D eigenvalue weighted by Crippen LogP contribution is 2.41. The van der Waals surface area contributed by atoms with Gasteiger partial charge in [-0.1, -0.05) is 146 Å². The van der Waals surface area contributed by atoms with Crippen LogP contribution in [0.5, 0.6) is 0 Å². The van der Waals surface area contributed by atoms with Crippen LogP contribution >= 0.6 is 11.3 Å². The molecule has 0 saturated carbocycles. The highest BCUT2D eigenvalue weighted by atomic mass is 32.1. The van der Waals surface area contributed by atoms with Gasteiger partial charge in [0.1, 0.15) is 0 Å². The molecule has 0 amide bonds. The molecule has 2 aromatic heterocycles. The molecular formula is C50H33N3S. The van der Waals surface area contributed by atoms with E-state index in [4.69, 9.17) is 15.0 Å². The summed E-state index contributed by atoms with van der Waals surface area (Å²) in [5.74, 6) is 0.846. The van der Waals surface area contributed by atoms with Crippen LogP contribution in [0.25, 0.3) is 74.4 Å². The van der Waals surface area contributed by atoms with Crippen molar-refractivity contribution in [3.8, 4) is 11.1 Å². The predicted octanol–water partition coefficient (Wildman–Crippen LogP) is 13.4. The monoisotopic (exact) mass is 707 g/mol. The lowest BCUT2D eigenvalue weighted by Gasteiger charge is -2.28. The van der Waals surface area contributed by atoms with Crippen molar-refractivity contribution in [2.75, 3.05) is 0 Å². The quantitative estimate of drug-likeness (QED) is 0.168. The SMILES string of the molecule is CC1C(c2ccc(-c3cncc4ccc5c6ccccc6ccc5c34)cc2)=NC(c2cccc3c2sc2ccccc23)=NC1c1ccc2ccccc2c1. The zero-order chi connectivity index (χ0) is 35.8. The van der Waals surface area contributed by atoms with Gasteiger partial charge in [0.15, 0.2) is 5.84 Å². The van der Waals surface area contributed by atoms with Gasteiger partial charge in [0.05, 0.1) is 11.8 Å². The molecule has 0 fully saturated rings. The molecule has 0 spiro atoms. The number of rotatable bonds is 4. The lowest BCUT2D eigenvalue weighted by Crippen LogP contribution is -2.26. The van der Waals surface area contributed by atoms with Gasteiger partial charge in [-0.2, -0.15) is 0 Å². The number of benzene rings is 8. The van der Waals surface area contributed by atoms with E-state index in [9.17, 15) is 0 Å². The maximum atomic E-state index is 5.48. The molecular weight excluding hydrogens is 675 g/mol. The molecule has 0 radical (unpaired) electrons. The summed E-state index contributed by atoms with van der Waals surface area (Å²) < 4.78 is 2.51. The molecule has 0 bridgehead atoms. The first-order chi connectivity index (χ1) is 26.7. The minimum absolute atomic E-state index is 0.0545. The zero-order valence-corrected chi connectivity index (χ0v) is 30.4. The van der Waals surface area contributed by atoms with Crippen LogP contribution in [0.15, 0.2) is 180 Å². The maximum Gasteiger partial charge on any atom is 0.156 e.